The number of methoxy groups -OCH3 is 1. The summed E-state index contributed by atoms with van der Waals surface area (Å²) < 4.78 is 11.1. The van der Waals surface area contributed by atoms with E-state index in [1.54, 1.807) is 54.6 Å². The summed E-state index contributed by atoms with van der Waals surface area (Å²) in [5.74, 6) is -0.617. The van der Waals surface area contributed by atoms with Crippen LogP contribution in [-0.2, 0) is 9.53 Å². The van der Waals surface area contributed by atoms with Gasteiger partial charge in [-0.1, -0.05) is 36.4 Å². The van der Waals surface area contributed by atoms with Crippen LogP contribution in [0, 0.1) is 20.8 Å². The summed E-state index contributed by atoms with van der Waals surface area (Å²) in [6.45, 7) is 5.66. The highest BCUT2D eigenvalue weighted by molar-refractivity contribution is 6.00. The van der Waals surface area contributed by atoms with Crippen LogP contribution in [0.1, 0.15) is 39.0 Å². The van der Waals surface area contributed by atoms with Gasteiger partial charge in [0.1, 0.15) is 5.75 Å². The van der Waals surface area contributed by atoms with Gasteiger partial charge in [0.05, 0.1) is 40.8 Å². The van der Waals surface area contributed by atoms with E-state index < -0.39 is 18.0 Å². The number of benzene rings is 3. The number of aromatic nitrogens is 2. The van der Waals surface area contributed by atoms with Gasteiger partial charge in [-0.15, -0.1) is 0 Å². The van der Waals surface area contributed by atoms with Crippen molar-refractivity contribution in [2.75, 3.05) is 12.4 Å². The molecule has 7 heteroatoms. The minimum Gasteiger partial charge on any atom is -0.495 e. The van der Waals surface area contributed by atoms with Crippen molar-refractivity contribution in [1.82, 2.24) is 9.97 Å². The smallest absolute Gasteiger partial charge is 0.339 e. The lowest BCUT2D eigenvalue weighted by Gasteiger charge is -2.19. The second-order valence-corrected chi connectivity index (χ2v) is 7.99. The molecule has 1 unspecified atom stereocenters. The number of fused-ring (bicyclic) bond motifs is 1. The third-order valence-electron chi connectivity index (χ3n) is 5.49. The fourth-order valence-electron chi connectivity index (χ4n) is 3.55. The fourth-order valence-corrected chi connectivity index (χ4v) is 3.55. The molecule has 1 N–H and O–H groups in total. The second-order valence-electron chi connectivity index (χ2n) is 7.99. The Balaban J connectivity index is 1.64. The van der Waals surface area contributed by atoms with Crippen LogP contribution in [0.4, 0.5) is 5.69 Å². The molecule has 7 nitrogen and oxygen atoms in total. The number of hydrogen-bond acceptors (Lipinski definition) is 6. The van der Waals surface area contributed by atoms with E-state index in [2.05, 4.69) is 15.3 Å². The van der Waals surface area contributed by atoms with Crippen molar-refractivity contribution in [2.45, 2.75) is 26.9 Å². The molecule has 1 atom stereocenters. The Morgan fingerprint density at radius 3 is 2.26 bits per heavy atom. The molecule has 1 amide bonds. The third kappa shape index (κ3) is 4.88. The van der Waals surface area contributed by atoms with Crippen molar-refractivity contribution in [3.8, 4) is 5.75 Å². The summed E-state index contributed by atoms with van der Waals surface area (Å²) in [6, 6.07) is 19.3. The van der Waals surface area contributed by atoms with E-state index in [1.165, 1.54) is 7.11 Å². The molecule has 0 saturated carbocycles. The van der Waals surface area contributed by atoms with Gasteiger partial charge in [-0.05, 0) is 56.7 Å². The zero-order chi connectivity index (χ0) is 24.2. The fraction of sp³-hybridized carbons (Fsp3) is 0.185. The van der Waals surface area contributed by atoms with Crippen LogP contribution in [0.15, 0.2) is 66.7 Å². The van der Waals surface area contributed by atoms with E-state index in [1.807, 2.05) is 32.9 Å². The number of anilines is 1. The van der Waals surface area contributed by atoms with Crippen LogP contribution in [-0.4, -0.2) is 29.0 Å². The van der Waals surface area contributed by atoms with E-state index in [0.29, 0.717) is 28.0 Å². The molecule has 0 aliphatic carbocycles. The van der Waals surface area contributed by atoms with Gasteiger partial charge in [0.25, 0.3) is 5.91 Å². The van der Waals surface area contributed by atoms with E-state index in [4.69, 9.17) is 9.47 Å². The van der Waals surface area contributed by atoms with Crippen LogP contribution in [0.25, 0.3) is 11.0 Å². The van der Waals surface area contributed by atoms with Crippen LogP contribution in [0.2, 0.25) is 0 Å². The Morgan fingerprint density at radius 1 is 0.853 bits per heavy atom. The minimum absolute atomic E-state index is 0.284. The molecule has 3 aromatic carbocycles. The molecule has 0 aliphatic heterocycles. The summed E-state index contributed by atoms with van der Waals surface area (Å²) in [5.41, 5.74) is 5.16. The van der Waals surface area contributed by atoms with Gasteiger partial charge < -0.3 is 14.8 Å². The lowest BCUT2D eigenvalue weighted by Crippen LogP contribution is -2.26. The summed E-state index contributed by atoms with van der Waals surface area (Å²) in [5, 5.41) is 2.84. The topological polar surface area (TPSA) is 90.4 Å². The molecule has 4 rings (SSSR count). The largest absolute Gasteiger partial charge is 0.495 e. The highest BCUT2D eigenvalue weighted by Crippen LogP contribution is 2.28. The lowest BCUT2D eigenvalue weighted by atomic mass is 10.1. The van der Waals surface area contributed by atoms with E-state index >= 15 is 0 Å². The SMILES string of the molecule is COc1ccc(C)cc1NC(=O)C(OC(=O)c1ccc2nc(C)c(C)nc2c1)c1ccccc1. The minimum atomic E-state index is -1.17. The first kappa shape index (κ1) is 22.9. The summed E-state index contributed by atoms with van der Waals surface area (Å²) in [7, 11) is 1.53. The zero-order valence-electron chi connectivity index (χ0n) is 19.5. The zero-order valence-corrected chi connectivity index (χ0v) is 19.5. The third-order valence-corrected chi connectivity index (χ3v) is 5.49. The monoisotopic (exact) mass is 455 g/mol. The molecule has 0 saturated heterocycles. The maximum absolute atomic E-state index is 13.3. The van der Waals surface area contributed by atoms with Crippen LogP contribution < -0.4 is 10.1 Å². The predicted octanol–water partition coefficient (Wildman–Crippen LogP) is 5.10. The van der Waals surface area contributed by atoms with Crippen molar-refractivity contribution >= 4 is 28.6 Å². The summed E-state index contributed by atoms with van der Waals surface area (Å²) >= 11 is 0. The predicted molar refractivity (Wildman–Crippen MR) is 130 cm³/mol. The highest BCUT2D eigenvalue weighted by atomic mass is 16.5. The van der Waals surface area contributed by atoms with Crippen molar-refractivity contribution < 1.29 is 19.1 Å². The van der Waals surface area contributed by atoms with Gasteiger partial charge in [0, 0.05) is 5.56 Å². The standard InChI is InChI=1S/C27H25N3O4/c1-16-10-13-24(33-4)23(14-16)30-26(31)25(19-8-6-5-7-9-19)34-27(32)20-11-12-21-22(15-20)29-18(3)17(2)28-21/h5-15,25H,1-4H3,(H,30,31). The Hall–Kier alpha value is -4.26. The molecular formula is C27H25N3O4. The molecule has 0 fully saturated rings. The van der Waals surface area contributed by atoms with Gasteiger partial charge in [0.15, 0.2) is 0 Å². The number of carbonyl (C=O) groups is 2. The van der Waals surface area contributed by atoms with Gasteiger partial charge in [-0.3, -0.25) is 4.79 Å². The molecule has 4 aromatic rings. The molecule has 1 heterocycles. The molecule has 0 bridgehead atoms. The number of amides is 1. The van der Waals surface area contributed by atoms with Crippen molar-refractivity contribution in [3.63, 3.8) is 0 Å². The number of nitrogens with zero attached hydrogens (tertiary/aromatic N) is 2. The van der Waals surface area contributed by atoms with Crippen LogP contribution in [0.5, 0.6) is 5.75 Å². The molecule has 1 aromatic heterocycles. The Labute approximate surface area is 197 Å². The van der Waals surface area contributed by atoms with Gasteiger partial charge in [-0.25, -0.2) is 14.8 Å². The first-order valence-corrected chi connectivity index (χ1v) is 10.8. The van der Waals surface area contributed by atoms with Gasteiger partial charge in [-0.2, -0.15) is 0 Å². The molecule has 0 spiro atoms. The van der Waals surface area contributed by atoms with Crippen molar-refractivity contribution in [1.29, 1.82) is 0 Å². The average Bonchev–Trinajstić information content (AvgIpc) is 2.83. The first-order valence-electron chi connectivity index (χ1n) is 10.8. The number of esters is 1. The van der Waals surface area contributed by atoms with Crippen LogP contribution >= 0.6 is 0 Å². The van der Waals surface area contributed by atoms with E-state index in [-0.39, 0.29) is 5.56 Å². The molecule has 172 valence electrons. The van der Waals surface area contributed by atoms with Gasteiger partial charge in [0.2, 0.25) is 6.10 Å². The average molecular weight is 456 g/mol. The van der Waals surface area contributed by atoms with Gasteiger partial charge >= 0.3 is 5.97 Å². The lowest BCUT2D eigenvalue weighted by molar-refractivity contribution is -0.125. The Bertz CT molecular complexity index is 1370. The van der Waals surface area contributed by atoms with E-state index in [0.717, 1.165) is 17.0 Å². The number of nitrogens with one attached hydrogen (secondary N) is 1. The quantitative estimate of drug-likeness (QED) is 0.407. The summed E-state index contributed by atoms with van der Waals surface area (Å²) in [6.07, 6.45) is -1.17. The second kappa shape index (κ2) is 9.70. The first-order chi connectivity index (χ1) is 16.4. The maximum Gasteiger partial charge on any atom is 0.339 e. The normalized spacial score (nSPS) is 11.6. The number of rotatable bonds is 6. The number of carbonyl (C=O) groups excluding carboxylic acids is 2. The summed E-state index contributed by atoms with van der Waals surface area (Å²) in [4.78, 5) is 35.4. The number of aryl methyl sites for hydroxylation is 3. The Kier molecular flexibility index (Phi) is 6.54. The van der Waals surface area contributed by atoms with E-state index in [9.17, 15) is 9.59 Å². The molecule has 34 heavy (non-hydrogen) atoms. The van der Waals surface area contributed by atoms with Crippen molar-refractivity contribution in [2.24, 2.45) is 0 Å². The number of ether oxygens (including phenoxy) is 2. The van der Waals surface area contributed by atoms with Crippen molar-refractivity contribution in [3.05, 3.63) is 94.8 Å². The molecule has 0 aliphatic rings. The number of hydrogen-bond donors (Lipinski definition) is 1. The maximum atomic E-state index is 13.3. The molecular weight excluding hydrogens is 430 g/mol. The Morgan fingerprint density at radius 2 is 1.56 bits per heavy atom. The van der Waals surface area contributed by atoms with Crippen LogP contribution in [0.3, 0.4) is 0 Å². The highest BCUT2D eigenvalue weighted by Gasteiger charge is 2.27. The molecule has 0 radical (unpaired) electrons.